The number of rotatable bonds is 5. The molecule has 0 bridgehead atoms. The van der Waals surface area contributed by atoms with Gasteiger partial charge in [-0.25, -0.2) is 13.1 Å². The SMILES string of the molecule is CNS(=O)(=O)c1ccc(C)c(NCc2ccccc2Cl)c1. The Labute approximate surface area is 130 Å². The molecular formula is C15H17ClN2O2S. The molecule has 0 saturated carbocycles. The molecule has 0 aliphatic rings. The van der Waals surface area contributed by atoms with Crippen LogP contribution in [0.25, 0.3) is 0 Å². The van der Waals surface area contributed by atoms with Crippen molar-refractivity contribution < 1.29 is 8.42 Å². The summed E-state index contributed by atoms with van der Waals surface area (Å²) in [6.07, 6.45) is 0. The highest BCUT2D eigenvalue weighted by Crippen LogP contribution is 2.22. The van der Waals surface area contributed by atoms with Gasteiger partial charge in [0.2, 0.25) is 10.0 Å². The predicted octanol–water partition coefficient (Wildman–Crippen LogP) is 3.17. The second-order valence-electron chi connectivity index (χ2n) is 4.63. The number of hydrogen-bond donors (Lipinski definition) is 2. The summed E-state index contributed by atoms with van der Waals surface area (Å²) in [5.74, 6) is 0. The van der Waals surface area contributed by atoms with Gasteiger partial charge in [-0.2, -0.15) is 0 Å². The molecule has 0 aliphatic carbocycles. The first-order valence-electron chi connectivity index (χ1n) is 6.45. The molecule has 2 rings (SSSR count). The normalized spacial score (nSPS) is 11.4. The molecule has 0 atom stereocenters. The van der Waals surface area contributed by atoms with E-state index in [1.54, 1.807) is 18.2 Å². The summed E-state index contributed by atoms with van der Waals surface area (Å²) in [4.78, 5) is 0.234. The lowest BCUT2D eigenvalue weighted by Gasteiger charge is -2.12. The maximum Gasteiger partial charge on any atom is 0.240 e. The Morgan fingerprint density at radius 2 is 1.86 bits per heavy atom. The van der Waals surface area contributed by atoms with E-state index in [4.69, 9.17) is 11.6 Å². The minimum atomic E-state index is -3.44. The predicted molar refractivity (Wildman–Crippen MR) is 86.2 cm³/mol. The highest BCUT2D eigenvalue weighted by Gasteiger charge is 2.12. The Balaban J connectivity index is 2.24. The molecular weight excluding hydrogens is 308 g/mol. The summed E-state index contributed by atoms with van der Waals surface area (Å²) in [6, 6.07) is 12.5. The fraction of sp³-hybridized carbons (Fsp3) is 0.200. The van der Waals surface area contributed by atoms with Crippen LogP contribution in [0.4, 0.5) is 5.69 Å². The van der Waals surface area contributed by atoms with Crippen molar-refractivity contribution in [1.82, 2.24) is 4.72 Å². The highest BCUT2D eigenvalue weighted by molar-refractivity contribution is 7.89. The molecule has 2 aromatic carbocycles. The average molecular weight is 325 g/mol. The van der Waals surface area contributed by atoms with Gasteiger partial charge in [-0.05, 0) is 43.3 Å². The van der Waals surface area contributed by atoms with Crippen molar-refractivity contribution >= 4 is 27.3 Å². The fourth-order valence-corrected chi connectivity index (χ4v) is 2.87. The van der Waals surface area contributed by atoms with Crippen molar-refractivity contribution in [3.05, 3.63) is 58.6 Å². The monoisotopic (exact) mass is 324 g/mol. The van der Waals surface area contributed by atoms with E-state index in [-0.39, 0.29) is 4.90 Å². The Hall–Kier alpha value is -1.56. The van der Waals surface area contributed by atoms with Crippen LogP contribution < -0.4 is 10.0 Å². The molecule has 0 aromatic heterocycles. The fourth-order valence-electron chi connectivity index (χ4n) is 1.91. The minimum Gasteiger partial charge on any atom is -0.381 e. The summed E-state index contributed by atoms with van der Waals surface area (Å²) in [6.45, 7) is 2.45. The van der Waals surface area contributed by atoms with Gasteiger partial charge in [0.25, 0.3) is 0 Å². The zero-order valence-corrected chi connectivity index (χ0v) is 13.4. The van der Waals surface area contributed by atoms with Crippen LogP contribution in [0.1, 0.15) is 11.1 Å². The van der Waals surface area contributed by atoms with Crippen molar-refractivity contribution in [1.29, 1.82) is 0 Å². The highest BCUT2D eigenvalue weighted by atomic mass is 35.5. The molecule has 21 heavy (non-hydrogen) atoms. The number of aryl methyl sites for hydroxylation is 1. The largest absolute Gasteiger partial charge is 0.381 e. The molecule has 0 saturated heterocycles. The lowest BCUT2D eigenvalue weighted by molar-refractivity contribution is 0.588. The van der Waals surface area contributed by atoms with Crippen LogP contribution in [0.5, 0.6) is 0 Å². The minimum absolute atomic E-state index is 0.234. The van der Waals surface area contributed by atoms with Crippen LogP contribution in [-0.4, -0.2) is 15.5 Å². The van der Waals surface area contributed by atoms with Gasteiger partial charge in [-0.1, -0.05) is 35.9 Å². The van der Waals surface area contributed by atoms with Crippen LogP contribution in [0.2, 0.25) is 5.02 Å². The molecule has 0 aliphatic heterocycles. The standard InChI is InChI=1S/C15H17ClN2O2S/c1-11-7-8-13(21(19,20)17-2)9-15(11)18-10-12-5-3-4-6-14(12)16/h3-9,17-18H,10H2,1-2H3. The summed E-state index contributed by atoms with van der Waals surface area (Å²) in [5, 5.41) is 3.91. The Kier molecular flexibility index (Phi) is 4.88. The molecule has 0 unspecified atom stereocenters. The van der Waals surface area contributed by atoms with E-state index in [1.165, 1.54) is 7.05 Å². The second-order valence-corrected chi connectivity index (χ2v) is 6.92. The molecule has 0 heterocycles. The lowest BCUT2D eigenvalue weighted by atomic mass is 10.2. The molecule has 2 N–H and O–H groups in total. The third-order valence-electron chi connectivity index (χ3n) is 3.22. The van der Waals surface area contributed by atoms with Gasteiger partial charge < -0.3 is 5.32 Å². The van der Waals surface area contributed by atoms with Crippen LogP contribution >= 0.6 is 11.6 Å². The number of halogens is 1. The van der Waals surface area contributed by atoms with Gasteiger partial charge in [0.05, 0.1) is 4.90 Å². The van der Waals surface area contributed by atoms with Gasteiger partial charge in [-0.15, -0.1) is 0 Å². The summed E-state index contributed by atoms with van der Waals surface area (Å²) in [5.41, 5.74) is 2.70. The first-order valence-corrected chi connectivity index (χ1v) is 8.31. The Morgan fingerprint density at radius 3 is 2.52 bits per heavy atom. The first kappa shape index (κ1) is 15.8. The topological polar surface area (TPSA) is 58.2 Å². The van der Waals surface area contributed by atoms with Crippen molar-refractivity contribution in [2.45, 2.75) is 18.4 Å². The van der Waals surface area contributed by atoms with Gasteiger partial charge in [0.1, 0.15) is 0 Å². The molecule has 0 radical (unpaired) electrons. The van der Waals surface area contributed by atoms with Crippen LogP contribution in [0.3, 0.4) is 0 Å². The molecule has 0 amide bonds. The van der Waals surface area contributed by atoms with E-state index in [1.807, 2.05) is 31.2 Å². The summed E-state index contributed by atoms with van der Waals surface area (Å²) >= 11 is 6.11. The van der Waals surface area contributed by atoms with Crippen LogP contribution in [0.15, 0.2) is 47.4 Å². The smallest absolute Gasteiger partial charge is 0.240 e. The quantitative estimate of drug-likeness (QED) is 0.888. The Morgan fingerprint density at radius 1 is 1.14 bits per heavy atom. The zero-order valence-electron chi connectivity index (χ0n) is 11.9. The first-order chi connectivity index (χ1) is 9.94. The number of anilines is 1. The second kappa shape index (κ2) is 6.47. The van der Waals surface area contributed by atoms with Gasteiger partial charge in [0.15, 0.2) is 0 Å². The van der Waals surface area contributed by atoms with Crippen molar-refractivity contribution in [2.75, 3.05) is 12.4 Å². The number of sulfonamides is 1. The number of benzene rings is 2. The van der Waals surface area contributed by atoms with Crippen molar-refractivity contribution in [3.63, 3.8) is 0 Å². The van der Waals surface area contributed by atoms with Crippen molar-refractivity contribution in [2.24, 2.45) is 0 Å². The molecule has 4 nitrogen and oxygen atoms in total. The molecule has 0 spiro atoms. The lowest BCUT2D eigenvalue weighted by Crippen LogP contribution is -2.18. The third-order valence-corrected chi connectivity index (χ3v) is 5.00. The third kappa shape index (κ3) is 3.75. The molecule has 112 valence electrons. The van der Waals surface area contributed by atoms with Gasteiger partial charge in [0, 0.05) is 17.3 Å². The molecule has 0 fully saturated rings. The number of nitrogens with one attached hydrogen (secondary N) is 2. The van der Waals surface area contributed by atoms with E-state index < -0.39 is 10.0 Å². The maximum atomic E-state index is 11.8. The van der Waals surface area contributed by atoms with Gasteiger partial charge >= 0.3 is 0 Å². The average Bonchev–Trinajstić information content (AvgIpc) is 2.47. The molecule has 2 aromatic rings. The van der Waals surface area contributed by atoms with E-state index in [2.05, 4.69) is 10.0 Å². The van der Waals surface area contributed by atoms with Crippen LogP contribution in [0, 0.1) is 6.92 Å². The Bertz CT molecular complexity index is 745. The zero-order chi connectivity index (χ0) is 15.5. The molecule has 6 heteroatoms. The summed E-state index contributed by atoms with van der Waals surface area (Å²) < 4.78 is 26.0. The van der Waals surface area contributed by atoms with Gasteiger partial charge in [-0.3, -0.25) is 0 Å². The van der Waals surface area contributed by atoms with E-state index in [0.29, 0.717) is 11.6 Å². The van der Waals surface area contributed by atoms with E-state index in [0.717, 1.165) is 16.8 Å². The maximum absolute atomic E-state index is 11.8. The summed E-state index contributed by atoms with van der Waals surface area (Å²) in [7, 11) is -2.05. The van der Waals surface area contributed by atoms with E-state index in [9.17, 15) is 8.42 Å². The van der Waals surface area contributed by atoms with Crippen molar-refractivity contribution in [3.8, 4) is 0 Å². The van der Waals surface area contributed by atoms with E-state index >= 15 is 0 Å². The number of hydrogen-bond acceptors (Lipinski definition) is 3. The van der Waals surface area contributed by atoms with Crippen LogP contribution in [-0.2, 0) is 16.6 Å².